The summed E-state index contributed by atoms with van der Waals surface area (Å²) in [7, 11) is 1.28. The van der Waals surface area contributed by atoms with Crippen molar-refractivity contribution >= 4 is 33.5 Å². The first kappa shape index (κ1) is 16.2. The largest absolute Gasteiger partial charge is 0.493 e. The summed E-state index contributed by atoms with van der Waals surface area (Å²) in [4.78, 5) is 15.6. The molecule has 0 saturated heterocycles. The molecule has 0 spiro atoms. The van der Waals surface area contributed by atoms with Crippen LogP contribution in [0.5, 0.6) is 5.75 Å². The molecule has 0 bridgehead atoms. The summed E-state index contributed by atoms with van der Waals surface area (Å²) < 4.78 is 50.1. The van der Waals surface area contributed by atoms with Crippen LogP contribution in [0.15, 0.2) is 64.0 Å². The summed E-state index contributed by atoms with van der Waals surface area (Å²) in [5.74, 6) is -0.651. The number of carboxylic acids is 1. The highest BCUT2D eigenvalue weighted by atomic mass is 32.1. The number of rotatable bonds is 8. The first-order valence-electron chi connectivity index (χ1n) is 11.3. The number of fused-ring (bicyclic) bond motifs is 1. The van der Waals surface area contributed by atoms with Crippen LogP contribution in [0.4, 0.5) is 0 Å². The lowest BCUT2D eigenvalue weighted by Gasteiger charge is -2.09. The lowest BCUT2D eigenvalue weighted by atomic mass is 10.1. The molecule has 7 heteroatoms. The molecule has 0 fully saturated rings. The Morgan fingerprint density at radius 3 is 2.87 bits per heavy atom. The van der Waals surface area contributed by atoms with Gasteiger partial charge in [0.25, 0.3) is 0 Å². The van der Waals surface area contributed by atoms with Crippen molar-refractivity contribution in [1.29, 1.82) is 0 Å². The standard InChI is InChI=1S/C24H21NO5S/c1-15-19(25-23(30-15)16-6-4-3-5-7-16)10-12-29-20-9-8-17(14-21(28-2)24(26)27)22-18(20)11-13-31-22/h3-9,11,13-14H,10,12H2,1-2H3,(H,26,27)/b21-14-/i6D,7D,12D2. The Balaban J connectivity index is 1.62. The van der Waals surface area contributed by atoms with Crippen LogP contribution < -0.4 is 4.74 Å². The van der Waals surface area contributed by atoms with E-state index in [1.807, 2.05) is 5.38 Å². The fourth-order valence-corrected chi connectivity index (χ4v) is 3.87. The number of nitrogens with zero attached hydrogens (tertiary/aromatic N) is 1. The van der Waals surface area contributed by atoms with Crippen molar-refractivity contribution in [2.45, 2.75) is 13.3 Å². The van der Waals surface area contributed by atoms with Crippen LogP contribution in [0, 0.1) is 6.92 Å². The van der Waals surface area contributed by atoms with Crippen molar-refractivity contribution in [2.75, 3.05) is 13.7 Å². The molecular formula is C24H21NO5S. The van der Waals surface area contributed by atoms with E-state index in [1.54, 1.807) is 31.2 Å². The van der Waals surface area contributed by atoms with E-state index in [4.69, 9.17) is 19.4 Å². The Kier molecular flexibility index (Phi) is 4.72. The molecule has 0 amide bonds. The van der Waals surface area contributed by atoms with Crippen molar-refractivity contribution in [3.63, 3.8) is 0 Å². The smallest absolute Gasteiger partial charge is 0.371 e. The fourth-order valence-electron chi connectivity index (χ4n) is 2.97. The van der Waals surface area contributed by atoms with E-state index >= 15 is 0 Å². The van der Waals surface area contributed by atoms with Gasteiger partial charge in [-0.1, -0.05) is 18.2 Å². The molecule has 1 N–H and O–H groups in total. The summed E-state index contributed by atoms with van der Waals surface area (Å²) >= 11 is 1.37. The lowest BCUT2D eigenvalue weighted by molar-refractivity contribution is -0.135. The van der Waals surface area contributed by atoms with Gasteiger partial charge in [0.2, 0.25) is 11.6 Å². The Morgan fingerprint density at radius 1 is 1.32 bits per heavy atom. The van der Waals surface area contributed by atoms with Crippen LogP contribution in [0.25, 0.3) is 27.6 Å². The van der Waals surface area contributed by atoms with Crippen molar-refractivity contribution < 1.29 is 29.3 Å². The molecule has 0 radical (unpaired) electrons. The molecule has 2 aromatic heterocycles. The maximum atomic E-state index is 11.3. The van der Waals surface area contributed by atoms with Gasteiger partial charge in [-0.15, -0.1) is 11.3 Å². The predicted octanol–water partition coefficient (Wildman–Crippen LogP) is 5.56. The molecule has 158 valence electrons. The molecule has 31 heavy (non-hydrogen) atoms. The van der Waals surface area contributed by atoms with Gasteiger partial charge in [-0.2, -0.15) is 0 Å². The van der Waals surface area contributed by atoms with Crippen molar-refractivity contribution in [3.05, 3.63) is 76.6 Å². The zero-order chi connectivity index (χ0) is 25.3. The van der Waals surface area contributed by atoms with Crippen molar-refractivity contribution in [2.24, 2.45) is 0 Å². The number of carboxylic acid groups (broad SMARTS) is 1. The van der Waals surface area contributed by atoms with E-state index in [-0.39, 0.29) is 35.7 Å². The zero-order valence-corrected chi connectivity index (χ0v) is 17.6. The van der Waals surface area contributed by atoms with Gasteiger partial charge in [0.15, 0.2) is 0 Å². The third kappa shape index (κ3) is 4.46. The Bertz CT molecular complexity index is 1420. The monoisotopic (exact) mass is 439 g/mol. The average molecular weight is 440 g/mol. The topological polar surface area (TPSA) is 81.8 Å². The Labute approximate surface area is 189 Å². The summed E-state index contributed by atoms with van der Waals surface area (Å²) in [6.07, 6.45) is 1.18. The molecule has 0 unspecified atom stereocenters. The molecule has 0 saturated carbocycles. The number of hydrogen-bond acceptors (Lipinski definition) is 6. The quantitative estimate of drug-likeness (QED) is 0.286. The summed E-state index contributed by atoms with van der Waals surface area (Å²) in [6.45, 7) is -0.514. The second-order valence-electron chi connectivity index (χ2n) is 6.47. The van der Waals surface area contributed by atoms with E-state index in [0.717, 1.165) is 4.70 Å². The third-order valence-corrected chi connectivity index (χ3v) is 5.46. The first-order valence-corrected chi connectivity index (χ1v) is 10.2. The third-order valence-electron chi connectivity index (χ3n) is 4.50. The molecule has 0 atom stereocenters. The van der Waals surface area contributed by atoms with Crippen LogP contribution in [0.1, 0.15) is 22.5 Å². The number of aliphatic carboxylic acids is 1. The molecule has 6 nitrogen and oxygen atoms in total. The predicted molar refractivity (Wildman–Crippen MR) is 120 cm³/mol. The number of hydrogen-bond donors (Lipinski definition) is 1. The minimum absolute atomic E-state index is 0.0904. The minimum atomic E-state index is -2.16. The maximum absolute atomic E-state index is 11.3. The molecule has 0 aliphatic heterocycles. The highest BCUT2D eigenvalue weighted by Crippen LogP contribution is 2.34. The van der Waals surface area contributed by atoms with Crippen molar-refractivity contribution in [3.8, 4) is 17.2 Å². The van der Waals surface area contributed by atoms with Gasteiger partial charge in [-0.25, -0.2) is 9.78 Å². The number of ether oxygens (including phenoxy) is 2. The SMILES string of the molecule is [2H]c1cccc([2H])c1-c1nc(CC([2H])([2H])Oc2ccc(/C=C(\OC)C(=O)O)c3sccc23)c(C)o1. The van der Waals surface area contributed by atoms with E-state index in [2.05, 4.69) is 4.98 Å². The van der Waals surface area contributed by atoms with E-state index < -0.39 is 12.5 Å². The number of oxazole rings is 1. The normalized spacial score (nSPS) is 13.9. The number of benzene rings is 2. The molecule has 0 aliphatic carbocycles. The van der Waals surface area contributed by atoms with E-state index in [1.165, 1.54) is 36.7 Å². The molecule has 4 rings (SSSR count). The van der Waals surface area contributed by atoms with Gasteiger partial charge in [0, 0.05) is 22.1 Å². The molecule has 2 heterocycles. The van der Waals surface area contributed by atoms with Gasteiger partial charge in [-0.3, -0.25) is 0 Å². The first-order chi connectivity index (χ1) is 16.6. The van der Waals surface area contributed by atoms with Crippen LogP contribution in [-0.2, 0) is 16.0 Å². The second-order valence-corrected chi connectivity index (χ2v) is 7.38. The second kappa shape index (κ2) is 9.06. The minimum Gasteiger partial charge on any atom is -0.493 e. The summed E-state index contributed by atoms with van der Waals surface area (Å²) in [5, 5.41) is 11.7. The number of carbonyl (C=O) groups is 1. The van der Waals surface area contributed by atoms with Gasteiger partial charge in [0.05, 0.1) is 24.8 Å². The van der Waals surface area contributed by atoms with Crippen LogP contribution in [0.3, 0.4) is 0 Å². The maximum Gasteiger partial charge on any atom is 0.371 e. The molecule has 0 aliphatic rings. The average Bonchev–Trinajstić information content (AvgIpc) is 3.40. The van der Waals surface area contributed by atoms with Gasteiger partial charge >= 0.3 is 5.97 Å². The highest BCUT2D eigenvalue weighted by Gasteiger charge is 2.14. The van der Waals surface area contributed by atoms with Crippen molar-refractivity contribution in [1.82, 2.24) is 4.98 Å². The Hall–Kier alpha value is -3.58. The summed E-state index contributed by atoms with van der Waals surface area (Å²) in [5.41, 5.74) is 1.17. The van der Waals surface area contributed by atoms with Gasteiger partial charge in [0.1, 0.15) is 11.5 Å². The van der Waals surface area contributed by atoms with Gasteiger partial charge in [-0.05, 0) is 54.2 Å². The van der Waals surface area contributed by atoms with E-state index in [9.17, 15) is 9.90 Å². The fraction of sp³-hybridized carbons (Fsp3) is 0.167. The molecular weight excluding hydrogens is 414 g/mol. The number of aryl methyl sites for hydroxylation is 2. The number of thiophene rings is 1. The molecule has 2 aromatic carbocycles. The lowest BCUT2D eigenvalue weighted by Crippen LogP contribution is -2.03. The number of methoxy groups -OCH3 is 1. The van der Waals surface area contributed by atoms with Crippen LogP contribution in [-0.4, -0.2) is 29.7 Å². The highest BCUT2D eigenvalue weighted by molar-refractivity contribution is 7.17. The van der Waals surface area contributed by atoms with Crippen LogP contribution in [0.2, 0.25) is 0 Å². The van der Waals surface area contributed by atoms with Crippen LogP contribution >= 0.6 is 11.3 Å². The van der Waals surface area contributed by atoms with E-state index in [0.29, 0.717) is 28.2 Å². The van der Waals surface area contributed by atoms with Gasteiger partial charge < -0.3 is 19.0 Å². The Morgan fingerprint density at radius 2 is 2.13 bits per heavy atom. The molecule has 4 aromatic rings. The zero-order valence-electron chi connectivity index (χ0n) is 20.8. The number of aromatic nitrogens is 1. The summed E-state index contributed by atoms with van der Waals surface area (Å²) in [6, 6.07) is 9.86.